The normalized spacial score (nSPS) is 11.2. The molecule has 2 heterocycles. The van der Waals surface area contributed by atoms with Crippen LogP contribution in [0.15, 0.2) is 5.38 Å². The van der Waals surface area contributed by atoms with Crippen LogP contribution in [0, 0.1) is 6.92 Å². The number of nitrogens with zero attached hydrogens (tertiary/aromatic N) is 3. The summed E-state index contributed by atoms with van der Waals surface area (Å²) in [5.74, 6) is 0. The van der Waals surface area contributed by atoms with Crippen molar-refractivity contribution in [3.63, 3.8) is 0 Å². The van der Waals surface area contributed by atoms with E-state index in [2.05, 4.69) is 14.9 Å². The lowest BCUT2D eigenvalue weighted by molar-refractivity contribution is 0.401. The molecular weight excluding hydrogens is 240 g/mol. The van der Waals surface area contributed by atoms with Gasteiger partial charge in [-0.05, 0) is 21.0 Å². The van der Waals surface area contributed by atoms with Crippen molar-refractivity contribution in [2.24, 2.45) is 0 Å². The summed E-state index contributed by atoms with van der Waals surface area (Å²) in [7, 11) is 4.08. The average molecular weight is 254 g/mol. The first-order chi connectivity index (χ1) is 7.56. The second-order valence-corrected chi connectivity index (χ2v) is 5.80. The third kappa shape index (κ3) is 2.40. The predicted octanol–water partition coefficient (Wildman–Crippen LogP) is 2.22. The van der Waals surface area contributed by atoms with Crippen LogP contribution in [0.4, 0.5) is 5.13 Å². The molecule has 86 valence electrons. The Morgan fingerprint density at radius 3 is 2.69 bits per heavy atom. The van der Waals surface area contributed by atoms with Crippen molar-refractivity contribution in [2.75, 3.05) is 19.8 Å². The fourth-order valence-corrected chi connectivity index (χ4v) is 3.19. The molecule has 0 amide bonds. The van der Waals surface area contributed by atoms with Gasteiger partial charge in [0.2, 0.25) is 0 Å². The third-order valence-corrected chi connectivity index (χ3v) is 3.89. The van der Waals surface area contributed by atoms with Gasteiger partial charge >= 0.3 is 0 Å². The van der Waals surface area contributed by atoms with Gasteiger partial charge in [-0.15, -0.1) is 22.7 Å². The summed E-state index contributed by atoms with van der Waals surface area (Å²) in [5, 5.41) is 3.70. The zero-order valence-corrected chi connectivity index (χ0v) is 11.2. The molecule has 0 unspecified atom stereocenters. The van der Waals surface area contributed by atoms with Gasteiger partial charge in [0, 0.05) is 11.9 Å². The molecule has 16 heavy (non-hydrogen) atoms. The molecule has 0 aromatic carbocycles. The van der Waals surface area contributed by atoms with E-state index in [9.17, 15) is 0 Å². The van der Waals surface area contributed by atoms with E-state index in [1.807, 2.05) is 26.4 Å². The molecule has 0 aliphatic heterocycles. The predicted molar refractivity (Wildman–Crippen MR) is 69.8 cm³/mol. The molecule has 4 nitrogen and oxygen atoms in total. The first-order valence-corrected chi connectivity index (χ1v) is 6.58. The maximum absolute atomic E-state index is 5.64. The molecule has 0 radical (unpaired) electrons. The second-order valence-electron chi connectivity index (χ2n) is 3.83. The van der Waals surface area contributed by atoms with Crippen molar-refractivity contribution < 1.29 is 0 Å². The molecule has 2 N–H and O–H groups in total. The maximum Gasteiger partial charge on any atom is 0.180 e. The van der Waals surface area contributed by atoms with E-state index < -0.39 is 0 Å². The number of nitrogens with two attached hydrogens (primary N) is 1. The zero-order chi connectivity index (χ0) is 11.7. The van der Waals surface area contributed by atoms with E-state index in [1.165, 1.54) is 11.3 Å². The zero-order valence-electron chi connectivity index (χ0n) is 9.52. The van der Waals surface area contributed by atoms with Gasteiger partial charge in [-0.3, -0.25) is 0 Å². The molecule has 0 bridgehead atoms. The lowest BCUT2D eigenvalue weighted by Crippen LogP contribution is -2.10. The van der Waals surface area contributed by atoms with Gasteiger partial charge in [0.1, 0.15) is 5.01 Å². The summed E-state index contributed by atoms with van der Waals surface area (Å²) in [6, 6.07) is 0. The summed E-state index contributed by atoms with van der Waals surface area (Å²) in [4.78, 5) is 12.1. The Bertz CT molecular complexity index is 487. The number of hydrogen-bond acceptors (Lipinski definition) is 6. The van der Waals surface area contributed by atoms with Crippen LogP contribution in [0.1, 0.15) is 10.7 Å². The van der Waals surface area contributed by atoms with Crippen LogP contribution in [0.25, 0.3) is 10.6 Å². The van der Waals surface area contributed by atoms with Crippen molar-refractivity contribution in [3.8, 4) is 10.6 Å². The summed E-state index contributed by atoms with van der Waals surface area (Å²) in [6.45, 7) is 2.88. The largest absolute Gasteiger partial charge is 0.375 e. The SMILES string of the molecule is Cc1nc(CN(C)C)sc1-c1csc(N)n1. The summed E-state index contributed by atoms with van der Waals surface area (Å²) in [6.07, 6.45) is 0. The van der Waals surface area contributed by atoms with Gasteiger partial charge in [-0.25, -0.2) is 9.97 Å². The Morgan fingerprint density at radius 2 is 2.12 bits per heavy atom. The van der Waals surface area contributed by atoms with Crippen LogP contribution < -0.4 is 5.73 Å². The molecule has 0 aliphatic carbocycles. The maximum atomic E-state index is 5.64. The highest BCUT2D eigenvalue weighted by Gasteiger charge is 2.12. The highest BCUT2D eigenvalue weighted by atomic mass is 32.1. The van der Waals surface area contributed by atoms with E-state index in [4.69, 9.17) is 5.73 Å². The van der Waals surface area contributed by atoms with Crippen LogP contribution in [0.5, 0.6) is 0 Å². The van der Waals surface area contributed by atoms with Gasteiger partial charge in [0.15, 0.2) is 5.13 Å². The molecule has 2 rings (SSSR count). The lowest BCUT2D eigenvalue weighted by atomic mass is 10.3. The minimum absolute atomic E-state index is 0.608. The number of aromatic nitrogens is 2. The monoisotopic (exact) mass is 254 g/mol. The standard InChI is InChI=1S/C10H14N4S2/c1-6-9(7-5-15-10(11)13-7)16-8(12-6)4-14(2)3/h5H,4H2,1-3H3,(H2,11,13). The molecule has 0 saturated heterocycles. The summed E-state index contributed by atoms with van der Waals surface area (Å²) in [5.41, 5.74) is 7.62. The van der Waals surface area contributed by atoms with E-state index >= 15 is 0 Å². The van der Waals surface area contributed by atoms with Crippen LogP contribution in [-0.2, 0) is 6.54 Å². The molecule has 0 spiro atoms. The molecular formula is C10H14N4S2. The number of nitrogen functional groups attached to an aromatic ring is 1. The number of aryl methyl sites for hydroxylation is 1. The van der Waals surface area contributed by atoms with E-state index in [1.54, 1.807) is 11.3 Å². The number of hydrogen-bond donors (Lipinski definition) is 1. The van der Waals surface area contributed by atoms with Crippen molar-refractivity contribution in [1.82, 2.24) is 14.9 Å². The Labute approximate surface area is 103 Å². The summed E-state index contributed by atoms with van der Waals surface area (Å²) < 4.78 is 0. The minimum atomic E-state index is 0.608. The van der Waals surface area contributed by atoms with Gasteiger partial charge in [0.25, 0.3) is 0 Å². The van der Waals surface area contributed by atoms with Gasteiger partial charge in [-0.2, -0.15) is 0 Å². The van der Waals surface area contributed by atoms with E-state index in [0.717, 1.165) is 27.8 Å². The van der Waals surface area contributed by atoms with Gasteiger partial charge in [-0.1, -0.05) is 0 Å². The molecule has 2 aromatic heterocycles. The van der Waals surface area contributed by atoms with Crippen LogP contribution in [-0.4, -0.2) is 29.0 Å². The average Bonchev–Trinajstić information content (AvgIpc) is 2.72. The van der Waals surface area contributed by atoms with Crippen LogP contribution in [0.2, 0.25) is 0 Å². The van der Waals surface area contributed by atoms with Crippen molar-refractivity contribution in [2.45, 2.75) is 13.5 Å². The Morgan fingerprint density at radius 1 is 1.38 bits per heavy atom. The minimum Gasteiger partial charge on any atom is -0.375 e. The highest BCUT2D eigenvalue weighted by molar-refractivity contribution is 7.16. The Balaban J connectivity index is 2.31. The first-order valence-electron chi connectivity index (χ1n) is 4.88. The van der Waals surface area contributed by atoms with E-state index in [-0.39, 0.29) is 0 Å². The first kappa shape index (κ1) is 11.5. The molecule has 0 atom stereocenters. The summed E-state index contributed by atoms with van der Waals surface area (Å²) >= 11 is 3.16. The van der Waals surface area contributed by atoms with Crippen LogP contribution >= 0.6 is 22.7 Å². The fraction of sp³-hybridized carbons (Fsp3) is 0.400. The lowest BCUT2D eigenvalue weighted by Gasteiger charge is -2.04. The molecule has 0 saturated carbocycles. The van der Waals surface area contributed by atoms with Crippen LogP contribution in [0.3, 0.4) is 0 Å². The van der Waals surface area contributed by atoms with Crippen molar-refractivity contribution in [1.29, 1.82) is 0 Å². The van der Waals surface area contributed by atoms with E-state index in [0.29, 0.717) is 5.13 Å². The van der Waals surface area contributed by atoms with Crippen molar-refractivity contribution >= 4 is 27.8 Å². The molecule has 6 heteroatoms. The quantitative estimate of drug-likeness (QED) is 0.912. The number of thiazole rings is 2. The number of rotatable bonds is 3. The Hall–Kier alpha value is -0.980. The van der Waals surface area contributed by atoms with Crippen molar-refractivity contribution in [3.05, 3.63) is 16.1 Å². The number of anilines is 1. The molecule has 2 aromatic rings. The molecule has 0 aliphatic rings. The van der Waals surface area contributed by atoms with Gasteiger partial charge in [0.05, 0.1) is 16.3 Å². The Kier molecular flexibility index (Phi) is 3.22. The second kappa shape index (κ2) is 4.48. The molecule has 0 fully saturated rings. The van der Waals surface area contributed by atoms with Gasteiger partial charge < -0.3 is 10.6 Å². The smallest absolute Gasteiger partial charge is 0.180 e. The highest BCUT2D eigenvalue weighted by Crippen LogP contribution is 2.31. The third-order valence-electron chi connectivity index (χ3n) is 2.05. The fourth-order valence-electron chi connectivity index (χ4n) is 1.42. The topological polar surface area (TPSA) is 55.0 Å².